The molecule has 0 aliphatic carbocycles. The highest BCUT2D eigenvalue weighted by Crippen LogP contribution is 2.19. The molecule has 2 N–H and O–H groups in total. The summed E-state index contributed by atoms with van der Waals surface area (Å²) in [6.45, 7) is 6.66. The zero-order valence-corrected chi connectivity index (χ0v) is 17.4. The first-order chi connectivity index (χ1) is 14.0. The number of non-ortho nitro benzene ring substituents is 1. The van der Waals surface area contributed by atoms with E-state index in [1.807, 2.05) is 0 Å². The molecule has 0 spiro atoms. The van der Waals surface area contributed by atoms with E-state index in [0.717, 1.165) is 37.6 Å². The van der Waals surface area contributed by atoms with Crippen molar-refractivity contribution in [3.63, 3.8) is 0 Å². The zero-order chi connectivity index (χ0) is 20.6. The lowest BCUT2D eigenvalue weighted by Gasteiger charge is -2.33. The maximum atomic E-state index is 12.2. The Morgan fingerprint density at radius 3 is 2.41 bits per heavy atom. The first-order valence-corrected chi connectivity index (χ1v) is 10.8. The largest absolute Gasteiger partial charge is 0.360 e. The van der Waals surface area contributed by atoms with Gasteiger partial charge in [0.1, 0.15) is 0 Å². The topological polar surface area (TPSA) is 79.9 Å². The number of thioether (sulfide) groups is 1. The average molecular weight is 416 g/mol. The number of benzene rings is 2. The van der Waals surface area contributed by atoms with Crippen molar-refractivity contribution in [3.05, 3.63) is 64.2 Å². The molecule has 0 bridgehead atoms. The van der Waals surface area contributed by atoms with Gasteiger partial charge in [0.15, 0.2) is 6.54 Å². The van der Waals surface area contributed by atoms with Crippen LogP contribution in [0.1, 0.15) is 5.56 Å². The lowest BCUT2D eigenvalue weighted by molar-refractivity contribution is -0.892. The van der Waals surface area contributed by atoms with Crippen molar-refractivity contribution >= 4 is 29.0 Å². The number of nitro groups is 1. The number of hydrogen-bond acceptors (Lipinski definition) is 5. The summed E-state index contributed by atoms with van der Waals surface area (Å²) in [5, 5.41) is 13.8. The van der Waals surface area contributed by atoms with Crippen molar-refractivity contribution in [3.8, 4) is 0 Å². The maximum absolute atomic E-state index is 12.2. The van der Waals surface area contributed by atoms with E-state index >= 15 is 0 Å². The Labute approximate surface area is 175 Å². The Hall–Kier alpha value is -2.58. The molecule has 1 heterocycles. The van der Waals surface area contributed by atoms with Gasteiger partial charge >= 0.3 is 0 Å². The Kier molecular flexibility index (Phi) is 7.48. The van der Waals surface area contributed by atoms with Crippen LogP contribution in [-0.4, -0.2) is 55.9 Å². The average Bonchev–Trinajstić information content (AvgIpc) is 2.73. The number of amides is 1. The number of hydrogen-bond donors (Lipinski definition) is 2. The molecule has 8 heteroatoms. The van der Waals surface area contributed by atoms with Gasteiger partial charge in [0.05, 0.1) is 31.1 Å². The standard InChI is InChI=1S/C21H26N4O3S/c1-17-2-8-20(9-3-17)29-15-10-22-21(26)16-23-11-13-24(14-12-23)18-4-6-19(7-5-18)25(27)28/h2-9H,10-16H2,1H3,(H,22,26)/p+1. The number of quaternary nitrogens is 1. The molecule has 1 saturated heterocycles. The number of carbonyl (C=O) groups is 1. The van der Waals surface area contributed by atoms with Gasteiger partial charge in [0.25, 0.3) is 11.6 Å². The van der Waals surface area contributed by atoms with Gasteiger partial charge in [-0.25, -0.2) is 0 Å². The second-order valence-electron chi connectivity index (χ2n) is 7.20. The molecule has 0 saturated carbocycles. The molecular weight excluding hydrogens is 388 g/mol. The summed E-state index contributed by atoms with van der Waals surface area (Å²) in [7, 11) is 0. The fraction of sp³-hybridized carbons (Fsp3) is 0.381. The van der Waals surface area contributed by atoms with Crippen molar-refractivity contribution in [2.45, 2.75) is 11.8 Å². The molecule has 29 heavy (non-hydrogen) atoms. The monoisotopic (exact) mass is 415 g/mol. The summed E-state index contributed by atoms with van der Waals surface area (Å²) in [6.07, 6.45) is 0. The molecule has 0 unspecified atom stereocenters. The van der Waals surface area contributed by atoms with Gasteiger partial charge in [-0.3, -0.25) is 14.9 Å². The molecule has 0 radical (unpaired) electrons. The van der Waals surface area contributed by atoms with Crippen LogP contribution in [0.3, 0.4) is 0 Å². The normalized spacial score (nSPS) is 14.6. The first-order valence-electron chi connectivity index (χ1n) is 9.80. The molecule has 154 valence electrons. The molecule has 2 aromatic rings. The number of nitro benzene ring substituents is 1. The molecular formula is C21H27N4O3S+. The van der Waals surface area contributed by atoms with E-state index in [0.29, 0.717) is 13.1 Å². The van der Waals surface area contributed by atoms with E-state index < -0.39 is 0 Å². The quantitative estimate of drug-likeness (QED) is 0.296. The number of rotatable bonds is 8. The Morgan fingerprint density at radius 2 is 1.79 bits per heavy atom. The van der Waals surface area contributed by atoms with Crippen LogP contribution < -0.4 is 15.1 Å². The number of nitrogens with zero attached hydrogens (tertiary/aromatic N) is 2. The predicted molar refractivity (Wildman–Crippen MR) is 116 cm³/mol. The van der Waals surface area contributed by atoms with Gasteiger partial charge in [-0.15, -0.1) is 11.8 Å². The molecule has 1 fully saturated rings. The lowest BCUT2D eigenvalue weighted by atomic mass is 10.2. The number of carbonyl (C=O) groups excluding carboxylic acids is 1. The van der Waals surface area contributed by atoms with Crippen LogP contribution in [0.4, 0.5) is 11.4 Å². The van der Waals surface area contributed by atoms with Crippen LogP contribution in [-0.2, 0) is 4.79 Å². The summed E-state index contributed by atoms with van der Waals surface area (Å²) in [6, 6.07) is 15.1. The highest BCUT2D eigenvalue weighted by atomic mass is 32.2. The second kappa shape index (κ2) is 10.3. The SMILES string of the molecule is Cc1ccc(SCCNC(=O)C[NH+]2CCN(c3ccc([N+](=O)[O-])cc3)CC2)cc1. The van der Waals surface area contributed by atoms with Crippen molar-refractivity contribution in [2.75, 3.05) is 49.9 Å². The van der Waals surface area contributed by atoms with E-state index in [2.05, 4.69) is 41.4 Å². The Balaban J connectivity index is 1.34. The summed E-state index contributed by atoms with van der Waals surface area (Å²) in [5.41, 5.74) is 2.35. The van der Waals surface area contributed by atoms with Gasteiger partial charge < -0.3 is 15.1 Å². The lowest BCUT2D eigenvalue weighted by Crippen LogP contribution is -3.16. The van der Waals surface area contributed by atoms with Crippen molar-refractivity contribution in [2.24, 2.45) is 0 Å². The molecule has 1 aliphatic rings. The van der Waals surface area contributed by atoms with Gasteiger partial charge in [-0.1, -0.05) is 17.7 Å². The molecule has 0 aromatic heterocycles. The van der Waals surface area contributed by atoms with Gasteiger partial charge in [-0.2, -0.15) is 0 Å². The molecule has 7 nitrogen and oxygen atoms in total. The predicted octanol–water partition coefficient (Wildman–Crippen LogP) is 1.52. The van der Waals surface area contributed by atoms with Gasteiger partial charge in [0.2, 0.25) is 0 Å². The number of anilines is 1. The molecule has 3 rings (SSSR count). The molecule has 0 atom stereocenters. The van der Waals surface area contributed by atoms with Crippen LogP contribution in [0.25, 0.3) is 0 Å². The molecule has 1 amide bonds. The van der Waals surface area contributed by atoms with E-state index in [1.165, 1.54) is 27.5 Å². The van der Waals surface area contributed by atoms with E-state index in [9.17, 15) is 14.9 Å². The minimum Gasteiger partial charge on any atom is -0.360 e. The summed E-state index contributed by atoms with van der Waals surface area (Å²) in [5.74, 6) is 0.950. The van der Waals surface area contributed by atoms with Gasteiger partial charge in [-0.05, 0) is 31.2 Å². The molecule has 2 aromatic carbocycles. The van der Waals surface area contributed by atoms with Crippen LogP contribution >= 0.6 is 11.8 Å². The Bertz CT molecular complexity index is 819. The Morgan fingerprint density at radius 1 is 1.14 bits per heavy atom. The van der Waals surface area contributed by atoms with E-state index in [-0.39, 0.29) is 16.5 Å². The fourth-order valence-electron chi connectivity index (χ4n) is 3.33. The third kappa shape index (κ3) is 6.47. The highest BCUT2D eigenvalue weighted by Gasteiger charge is 2.22. The molecule has 1 aliphatic heterocycles. The number of piperazine rings is 1. The zero-order valence-electron chi connectivity index (χ0n) is 16.6. The highest BCUT2D eigenvalue weighted by molar-refractivity contribution is 7.99. The third-order valence-corrected chi connectivity index (χ3v) is 6.03. The van der Waals surface area contributed by atoms with Crippen molar-refractivity contribution in [1.82, 2.24) is 5.32 Å². The summed E-state index contributed by atoms with van der Waals surface area (Å²) < 4.78 is 0. The van der Waals surface area contributed by atoms with Crippen LogP contribution in [0.5, 0.6) is 0 Å². The second-order valence-corrected chi connectivity index (χ2v) is 8.37. The number of aryl methyl sites for hydroxylation is 1. The van der Waals surface area contributed by atoms with E-state index in [4.69, 9.17) is 0 Å². The van der Waals surface area contributed by atoms with Crippen LogP contribution in [0, 0.1) is 17.0 Å². The smallest absolute Gasteiger partial charge is 0.275 e. The van der Waals surface area contributed by atoms with Crippen molar-refractivity contribution in [1.29, 1.82) is 0 Å². The van der Waals surface area contributed by atoms with Crippen LogP contribution in [0.2, 0.25) is 0 Å². The summed E-state index contributed by atoms with van der Waals surface area (Å²) >= 11 is 1.75. The minimum absolute atomic E-state index is 0.0910. The summed E-state index contributed by atoms with van der Waals surface area (Å²) in [4.78, 5) is 27.3. The number of nitrogens with one attached hydrogen (secondary N) is 2. The van der Waals surface area contributed by atoms with E-state index in [1.54, 1.807) is 23.9 Å². The fourth-order valence-corrected chi connectivity index (χ4v) is 4.09. The minimum atomic E-state index is -0.385. The van der Waals surface area contributed by atoms with Crippen molar-refractivity contribution < 1.29 is 14.6 Å². The maximum Gasteiger partial charge on any atom is 0.275 e. The first kappa shape index (κ1) is 21.1. The van der Waals surface area contributed by atoms with Gasteiger partial charge in [0, 0.05) is 35.0 Å². The van der Waals surface area contributed by atoms with Crippen LogP contribution in [0.15, 0.2) is 53.4 Å². The third-order valence-electron chi connectivity index (χ3n) is 5.02.